The third kappa shape index (κ3) is 4.22. The second-order valence-electron chi connectivity index (χ2n) is 10.6. The van der Waals surface area contributed by atoms with Gasteiger partial charge in [-0.15, -0.1) is 0 Å². The molecule has 1 aromatic rings. The topological polar surface area (TPSA) is 105 Å². The summed E-state index contributed by atoms with van der Waals surface area (Å²) >= 11 is 0. The number of hydrogen-bond donors (Lipinski definition) is 2. The van der Waals surface area contributed by atoms with E-state index in [2.05, 4.69) is 12.2 Å². The minimum absolute atomic E-state index is 0.0730. The molecule has 3 aliphatic heterocycles. The van der Waals surface area contributed by atoms with Gasteiger partial charge in [-0.25, -0.2) is 0 Å². The quantitative estimate of drug-likeness (QED) is 0.453. The van der Waals surface area contributed by atoms with Crippen LogP contribution in [0, 0.1) is 11.8 Å². The Bertz CT molecular complexity index is 970. The van der Waals surface area contributed by atoms with E-state index in [1.165, 1.54) is 4.90 Å². The molecule has 2 bridgehead atoms. The average Bonchev–Trinajstić information content (AvgIpc) is 3.47. The number of nitrogens with zero attached hydrogens (tertiary/aromatic N) is 1. The number of fused-ring (bicyclic) bond motifs is 1. The fourth-order valence-corrected chi connectivity index (χ4v) is 6.90. The van der Waals surface area contributed by atoms with Crippen molar-refractivity contribution in [3.63, 3.8) is 0 Å². The Balaban J connectivity index is 1.77. The first-order chi connectivity index (χ1) is 17.3. The molecule has 36 heavy (non-hydrogen) atoms. The summed E-state index contributed by atoms with van der Waals surface area (Å²) in [6.45, 7) is 7.61. The zero-order chi connectivity index (χ0) is 26.1. The normalized spacial score (nSPS) is 32.3. The summed E-state index contributed by atoms with van der Waals surface area (Å²) in [4.78, 5) is 42.9. The molecule has 4 rings (SSSR count). The molecule has 3 aliphatic rings. The Labute approximate surface area is 213 Å². The van der Waals surface area contributed by atoms with E-state index >= 15 is 0 Å². The molecule has 3 unspecified atom stereocenters. The SMILES string of the molecule is CCCC(C)NC(=O)C1N([C@@H](CO)Cc2ccccc2)C(=O)[C@@H]2[C@H](C(=O)OCC)[C@]3(CC)CCC12O3. The molecule has 0 saturated carbocycles. The van der Waals surface area contributed by atoms with Crippen LogP contribution in [0.1, 0.15) is 65.4 Å². The fraction of sp³-hybridized carbons (Fsp3) is 0.679. The van der Waals surface area contributed by atoms with Gasteiger partial charge >= 0.3 is 5.97 Å². The number of aliphatic hydroxyl groups excluding tert-OH is 1. The zero-order valence-corrected chi connectivity index (χ0v) is 21.9. The second-order valence-corrected chi connectivity index (χ2v) is 10.6. The molecule has 3 fully saturated rings. The molecule has 1 aromatic carbocycles. The highest BCUT2D eigenvalue weighted by Crippen LogP contribution is 2.64. The van der Waals surface area contributed by atoms with Gasteiger partial charge in [0.15, 0.2) is 0 Å². The van der Waals surface area contributed by atoms with Crippen molar-refractivity contribution in [3.8, 4) is 0 Å². The number of benzene rings is 1. The minimum atomic E-state index is -1.12. The van der Waals surface area contributed by atoms with Crippen LogP contribution in [-0.2, 0) is 30.3 Å². The van der Waals surface area contributed by atoms with Crippen LogP contribution in [0.3, 0.4) is 0 Å². The number of carbonyl (C=O) groups excluding carboxylic acids is 3. The Kier molecular flexibility index (Phi) is 7.76. The molecule has 0 radical (unpaired) electrons. The maximum atomic E-state index is 14.2. The molecule has 2 N–H and O–H groups in total. The number of likely N-dealkylation sites (tertiary alicyclic amines) is 1. The second kappa shape index (κ2) is 10.5. The monoisotopic (exact) mass is 500 g/mol. The molecular weight excluding hydrogens is 460 g/mol. The highest BCUT2D eigenvalue weighted by atomic mass is 16.6. The van der Waals surface area contributed by atoms with Crippen molar-refractivity contribution in [1.82, 2.24) is 10.2 Å². The number of aliphatic hydroxyl groups is 1. The van der Waals surface area contributed by atoms with Crippen LogP contribution in [0.15, 0.2) is 30.3 Å². The van der Waals surface area contributed by atoms with Gasteiger partial charge in [-0.2, -0.15) is 0 Å². The largest absolute Gasteiger partial charge is 0.466 e. The molecule has 0 aliphatic carbocycles. The highest BCUT2D eigenvalue weighted by Gasteiger charge is 2.79. The third-order valence-corrected chi connectivity index (χ3v) is 8.44. The van der Waals surface area contributed by atoms with Crippen LogP contribution in [0.25, 0.3) is 0 Å². The summed E-state index contributed by atoms with van der Waals surface area (Å²) in [5, 5.41) is 13.6. The number of carbonyl (C=O) groups is 3. The molecule has 2 amide bonds. The summed E-state index contributed by atoms with van der Waals surface area (Å²) in [6, 6.07) is 7.98. The first kappa shape index (κ1) is 26.6. The predicted molar refractivity (Wildman–Crippen MR) is 134 cm³/mol. The summed E-state index contributed by atoms with van der Waals surface area (Å²) in [6.07, 6.45) is 3.76. The molecule has 198 valence electrons. The van der Waals surface area contributed by atoms with Gasteiger partial charge in [0.05, 0.1) is 30.8 Å². The fourth-order valence-electron chi connectivity index (χ4n) is 6.90. The molecule has 1 spiro atoms. The molecule has 8 nitrogen and oxygen atoms in total. The van der Waals surface area contributed by atoms with E-state index in [0.29, 0.717) is 25.7 Å². The van der Waals surface area contributed by atoms with E-state index < -0.39 is 41.1 Å². The first-order valence-corrected chi connectivity index (χ1v) is 13.4. The number of rotatable bonds is 11. The van der Waals surface area contributed by atoms with E-state index in [0.717, 1.165) is 18.4 Å². The molecule has 7 atom stereocenters. The smallest absolute Gasteiger partial charge is 0.312 e. The highest BCUT2D eigenvalue weighted by molar-refractivity contribution is 5.98. The maximum absolute atomic E-state index is 14.2. The van der Waals surface area contributed by atoms with E-state index in [1.54, 1.807) is 6.92 Å². The van der Waals surface area contributed by atoms with Crippen molar-refractivity contribution in [2.24, 2.45) is 11.8 Å². The van der Waals surface area contributed by atoms with Gasteiger partial charge in [-0.1, -0.05) is 50.6 Å². The molecule has 3 saturated heterocycles. The van der Waals surface area contributed by atoms with E-state index in [-0.39, 0.29) is 31.1 Å². The van der Waals surface area contributed by atoms with Gasteiger partial charge in [-0.3, -0.25) is 14.4 Å². The summed E-state index contributed by atoms with van der Waals surface area (Å²) < 4.78 is 12.1. The lowest BCUT2D eigenvalue weighted by atomic mass is 9.65. The van der Waals surface area contributed by atoms with Gasteiger partial charge in [0.25, 0.3) is 0 Å². The number of hydrogen-bond acceptors (Lipinski definition) is 6. The number of amides is 2. The number of esters is 1. The van der Waals surface area contributed by atoms with Gasteiger partial charge < -0.3 is 24.8 Å². The van der Waals surface area contributed by atoms with Crippen molar-refractivity contribution < 1.29 is 29.0 Å². The number of ether oxygens (including phenoxy) is 2. The van der Waals surface area contributed by atoms with Crippen molar-refractivity contribution in [2.45, 2.75) is 95.5 Å². The Morgan fingerprint density at radius 1 is 1.22 bits per heavy atom. The van der Waals surface area contributed by atoms with Crippen molar-refractivity contribution in [3.05, 3.63) is 35.9 Å². The lowest BCUT2D eigenvalue weighted by molar-refractivity contribution is -0.162. The average molecular weight is 501 g/mol. The Morgan fingerprint density at radius 3 is 2.56 bits per heavy atom. The lowest BCUT2D eigenvalue weighted by Crippen LogP contribution is -2.59. The third-order valence-electron chi connectivity index (χ3n) is 8.44. The van der Waals surface area contributed by atoms with Crippen molar-refractivity contribution in [2.75, 3.05) is 13.2 Å². The standard InChI is InChI=1S/C28H40N2O6/c1-5-11-18(4)29-24(32)23-28-15-14-27(6-2,36-28)22(26(34)35-7-3)21(28)25(33)30(23)20(17-31)16-19-12-9-8-10-13-19/h8-10,12-13,18,20-23,31H,5-7,11,14-17H2,1-4H3,(H,29,32)/t18?,20-,21+,22-,23?,27+,28?/m1/s1. The zero-order valence-electron chi connectivity index (χ0n) is 21.9. The van der Waals surface area contributed by atoms with Crippen LogP contribution >= 0.6 is 0 Å². The van der Waals surface area contributed by atoms with Crippen molar-refractivity contribution in [1.29, 1.82) is 0 Å². The Hall–Kier alpha value is -2.45. The lowest BCUT2D eigenvalue weighted by Gasteiger charge is -2.37. The van der Waals surface area contributed by atoms with Crippen LogP contribution in [-0.4, -0.2) is 70.3 Å². The van der Waals surface area contributed by atoms with Gasteiger partial charge in [0.1, 0.15) is 17.6 Å². The van der Waals surface area contributed by atoms with Crippen molar-refractivity contribution >= 4 is 17.8 Å². The first-order valence-electron chi connectivity index (χ1n) is 13.4. The van der Waals surface area contributed by atoms with Crippen LogP contribution in [0.2, 0.25) is 0 Å². The summed E-state index contributed by atoms with van der Waals surface area (Å²) in [5.41, 5.74) is -0.986. The molecular formula is C28H40N2O6. The van der Waals surface area contributed by atoms with Gasteiger partial charge in [-0.05, 0) is 51.5 Å². The number of nitrogens with one attached hydrogen (secondary N) is 1. The van der Waals surface area contributed by atoms with Crippen LogP contribution in [0.4, 0.5) is 0 Å². The van der Waals surface area contributed by atoms with Crippen LogP contribution in [0.5, 0.6) is 0 Å². The maximum Gasteiger partial charge on any atom is 0.312 e. The predicted octanol–water partition coefficient (Wildman–Crippen LogP) is 2.61. The molecule has 3 heterocycles. The van der Waals surface area contributed by atoms with Gasteiger partial charge in [0.2, 0.25) is 11.8 Å². The molecule has 0 aromatic heterocycles. The summed E-state index contributed by atoms with van der Waals surface area (Å²) in [5.74, 6) is -2.61. The van der Waals surface area contributed by atoms with Gasteiger partial charge in [0, 0.05) is 6.04 Å². The summed E-state index contributed by atoms with van der Waals surface area (Å²) in [7, 11) is 0. The minimum Gasteiger partial charge on any atom is -0.466 e. The Morgan fingerprint density at radius 2 is 1.94 bits per heavy atom. The van der Waals surface area contributed by atoms with E-state index in [4.69, 9.17) is 9.47 Å². The molecule has 8 heteroatoms. The van der Waals surface area contributed by atoms with E-state index in [9.17, 15) is 19.5 Å². The van der Waals surface area contributed by atoms with E-state index in [1.807, 2.05) is 44.2 Å². The van der Waals surface area contributed by atoms with Crippen LogP contribution < -0.4 is 5.32 Å².